The van der Waals surface area contributed by atoms with E-state index in [2.05, 4.69) is 5.10 Å². The number of halogens is 7. The van der Waals surface area contributed by atoms with Crippen molar-refractivity contribution in [3.63, 3.8) is 0 Å². The molecule has 0 unspecified atom stereocenters. The summed E-state index contributed by atoms with van der Waals surface area (Å²) in [6.07, 6.45) is -4.85. The van der Waals surface area contributed by atoms with Crippen molar-refractivity contribution >= 4 is 11.6 Å². The second kappa shape index (κ2) is 6.76. The van der Waals surface area contributed by atoms with Gasteiger partial charge in [-0.2, -0.15) is 26.6 Å². The first-order valence-corrected chi connectivity index (χ1v) is 7.61. The van der Waals surface area contributed by atoms with E-state index < -0.39 is 41.3 Å². The first-order valence-electron chi connectivity index (χ1n) is 7.23. The molecule has 0 bridgehead atoms. The lowest BCUT2D eigenvalue weighted by molar-refractivity contribution is -0.137. The van der Waals surface area contributed by atoms with Crippen LogP contribution in [-0.4, -0.2) is 14.3 Å². The van der Waals surface area contributed by atoms with Gasteiger partial charge >= 0.3 is 18.4 Å². The van der Waals surface area contributed by atoms with Gasteiger partial charge in [0.15, 0.2) is 5.82 Å². The van der Waals surface area contributed by atoms with Gasteiger partial charge in [0.25, 0.3) is 0 Å². The summed E-state index contributed by atoms with van der Waals surface area (Å²) in [5, 5.41) is 3.28. The third-order valence-corrected chi connectivity index (χ3v) is 3.93. The van der Waals surface area contributed by atoms with E-state index in [-0.39, 0.29) is 19.8 Å². The molecular formula is C16H8ClF6N3O. The van der Waals surface area contributed by atoms with Crippen molar-refractivity contribution in [3.05, 3.63) is 69.4 Å². The molecule has 0 aliphatic rings. The van der Waals surface area contributed by atoms with E-state index in [9.17, 15) is 31.1 Å². The average molecular weight is 408 g/mol. The van der Waals surface area contributed by atoms with E-state index in [1.165, 1.54) is 6.07 Å². The summed E-state index contributed by atoms with van der Waals surface area (Å²) in [5.41, 5.74) is -3.70. The smallest absolute Gasteiger partial charge is 0.245 e. The minimum Gasteiger partial charge on any atom is -0.245 e. The summed E-state index contributed by atoms with van der Waals surface area (Å²) in [6, 6.07) is 6.58. The van der Waals surface area contributed by atoms with Gasteiger partial charge in [0.2, 0.25) is 0 Å². The zero-order chi connectivity index (χ0) is 19.9. The molecule has 2 aromatic carbocycles. The van der Waals surface area contributed by atoms with Crippen LogP contribution in [0.1, 0.15) is 12.1 Å². The summed E-state index contributed by atoms with van der Waals surface area (Å²) < 4.78 is 79.7. The Hall–Kier alpha value is -2.75. The summed E-state index contributed by atoms with van der Waals surface area (Å²) >= 11 is 5.82. The third kappa shape index (κ3) is 3.44. The van der Waals surface area contributed by atoms with Gasteiger partial charge < -0.3 is 0 Å². The molecule has 0 aliphatic heterocycles. The fraction of sp³-hybridized carbons (Fsp3) is 0.125. The fourth-order valence-corrected chi connectivity index (χ4v) is 2.72. The van der Waals surface area contributed by atoms with Crippen molar-refractivity contribution in [3.8, 4) is 17.1 Å². The molecule has 0 radical (unpaired) electrons. The minimum atomic E-state index is -4.85. The standard InChI is InChI=1S/C16H8ClF6N3O/c17-11-7-8(18)5-6-9(11)13-24-26(15(27)25(13)14(19)20)12-4-2-1-3-10(12)16(21,22)23/h1-7,14H. The number of alkyl halides is 5. The molecule has 0 aliphatic carbocycles. The van der Waals surface area contributed by atoms with Crippen LogP contribution in [0.25, 0.3) is 17.1 Å². The average Bonchev–Trinajstić information content (AvgIpc) is 2.91. The Bertz CT molecular complexity index is 1060. The summed E-state index contributed by atoms with van der Waals surface area (Å²) in [4.78, 5) is 12.4. The molecule has 4 nitrogen and oxygen atoms in total. The predicted octanol–water partition coefficient (Wildman–Crippen LogP) is 4.91. The minimum absolute atomic E-state index is 0.119. The molecule has 0 fully saturated rings. The molecule has 0 atom stereocenters. The van der Waals surface area contributed by atoms with E-state index in [1.807, 2.05) is 0 Å². The first-order chi connectivity index (χ1) is 12.6. The number of nitrogens with zero attached hydrogens (tertiary/aromatic N) is 3. The lowest BCUT2D eigenvalue weighted by Gasteiger charge is -2.11. The maximum Gasteiger partial charge on any atom is 0.418 e. The van der Waals surface area contributed by atoms with Gasteiger partial charge in [0.05, 0.1) is 16.3 Å². The number of hydrogen-bond donors (Lipinski definition) is 0. The topological polar surface area (TPSA) is 39.8 Å². The fourth-order valence-electron chi connectivity index (χ4n) is 2.46. The van der Waals surface area contributed by atoms with E-state index in [4.69, 9.17) is 11.6 Å². The number of para-hydroxylation sites is 1. The highest BCUT2D eigenvalue weighted by Gasteiger charge is 2.35. The van der Waals surface area contributed by atoms with Gasteiger partial charge in [0.1, 0.15) is 5.82 Å². The summed E-state index contributed by atoms with van der Waals surface area (Å²) in [7, 11) is 0. The van der Waals surface area contributed by atoms with Gasteiger partial charge in [-0.15, -0.1) is 5.10 Å². The highest BCUT2D eigenvalue weighted by atomic mass is 35.5. The summed E-state index contributed by atoms with van der Waals surface area (Å²) in [6.45, 7) is -3.42. The number of hydrogen-bond acceptors (Lipinski definition) is 2. The third-order valence-electron chi connectivity index (χ3n) is 3.62. The molecule has 1 heterocycles. The van der Waals surface area contributed by atoms with Crippen LogP contribution in [0.4, 0.5) is 26.3 Å². The van der Waals surface area contributed by atoms with E-state index in [1.54, 1.807) is 0 Å². The van der Waals surface area contributed by atoms with Gasteiger partial charge in [-0.1, -0.05) is 23.7 Å². The molecule has 0 spiro atoms. The molecular weight excluding hydrogens is 400 g/mol. The molecule has 0 saturated carbocycles. The van der Waals surface area contributed by atoms with Gasteiger partial charge in [-0.25, -0.2) is 13.8 Å². The SMILES string of the molecule is O=c1n(-c2ccccc2C(F)(F)F)nc(-c2ccc(F)cc2Cl)n1C(F)F. The number of benzene rings is 2. The highest BCUT2D eigenvalue weighted by molar-refractivity contribution is 6.33. The molecule has 1 aromatic heterocycles. The lowest BCUT2D eigenvalue weighted by Crippen LogP contribution is -2.26. The van der Waals surface area contributed by atoms with Crippen molar-refractivity contribution in [2.45, 2.75) is 12.7 Å². The van der Waals surface area contributed by atoms with Gasteiger partial charge in [-0.05, 0) is 30.3 Å². The van der Waals surface area contributed by atoms with Crippen LogP contribution in [0.5, 0.6) is 0 Å². The zero-order valence-corrected chi connectivity index (χ0v) is 13.8. The Balaban J connectivity index is 2.32. The Morgan fingerprint density at radius 1 is 1.07 bits per heavy atom. The monoisotopic (exact) mass is 407 g/mol. The second-order valence-corrected chi connectivity index (χ2v) is 5.71. The maximum absolute atomic E-state index is 13.4. The first kappa shape index (κ1) is 19.0. The second-order valence-electron chi connectivity index (χ2n) is 5.30. The Labute approximate surface area is 152 Å². The molecule has 0 saturated heterocycles. The normalized spacial score (nSPS) is 12.0. The van der Waals surface area contributed by atoms with Crippen molar-refractivity contribution in [2.75, 3.05) is 0 Å². The lowest BCUT2D eigenvalue weighted by atomic mass is 10.2. The molecule has 142 valence electrons. The van der Waals surface area contributed by atoms with Crippen LogP contribution in [-0.2, 0) is 6.18 Å². The van der Waals surface area contributed by atoms with Crippen LogP contribution in [0.3, 0.4) is 0 Å². The molecule has 0 N–H and O–H groups in total. The van der Waals surface area contributed by atoms with Gasteiger partial charge in [0, 0.05) is 5.56 Å². The van der Waals surface area contributed by atoms with Crippen molar-refractivity contribution in [1.82, 2.24) is 14.3 Å². The van der Waals surface area contributed by atoms with E-state index >= 15 is 0 Å². The van der Waals surface area contributed by atoms with Gasteiger partial charge in [-0.3, -0.25) is 0 Å². The zero-order valence-electron chi connectivity index (χ0n) is 13.0. The van der Waals surface area contributed by atoms with Crippen LogP contribution in [0, 0.1) is 5.82 Å². The molecule has 3 rings (SSSR count). The maximum atomic E-state index is 13.4. The molecule has 3 aromatic rings. The van der Waals surface area contributed by atoms with Crippen LogP contribution in [0.2, 0.25) is 5.02 Å². The predicted molar refractivity (Wildman–Crippen MR) is 84.5 cm³/mol. The largest absolute Gasteiger partial charge is 0.418 e. The quantitative estimate of drug-likeness (QED) is 0.579. The van der Waals surface area contributed by atoms with Crippen molar-refractivity contribution < 1.29 is 26.3 Å². The summed E-state index contributed by atoms with van der Waals surface area (Å²) in [5.74, 6) is -1.46. The van der Waals surface area contributed by atoms with Crippen LogP contribution >= 0.6 is 11.6 Å². The Morgan fingerprint density at radius 3 is 2.33 bits per heavy atom. The highest BCUT2D eigenvalue weighted by Crippen LogP contribution is 2.34. The Morgan fingerprint density at radius 2 is 1.74 bits per heavy atom. The number of aromatic nitrogens is 3. The molecule has 11 heteroatoms. The molecule has 27 heavy (non-hydrogen) atoms. The van der Waals surface area contributed by atoms with Crippen molar-refractivity contribution in [1.29, 1.82) is 0 Å². The van der Waals surface area contributed by atoms with Crippen LogP contribution < -0.4 is 5.69 Å². The number of rotatable bonds is 3. The van der Waals surface area contributed by atoms with E-state index in [0.29, 0.717) is 6.07 Å². The van der Waals surface area contributed by atoms with Crippen LogP contribution in [0.15, 0.2) is 47.3 Å². The molecule has 0 amide bonds. The van der Waals surface area contributed by atoms with E-state index in [0.717, 1.165) is 30.3 Å². The van der Waals surface area contributed by atoms with Crippen molar-refractivity contribution in [2.24, 2.45) is 0 Å². The Kier molecular flexibility index (Phi) is 4.77.